The van der Waals surface area contributed by atoms with Gasteiger partial charge in [0.05, 0.1) is 16.0 Å². The van der Waals surface area contributed by atoms with Crippen LogP contribution in [0, 0.1) is 10.1 Å². The summed E-state index contributed by atoms with van der Waals surface area (Å²) in [6.07, 6.45) is 0.942. The van der Waals surface area contributed by atoms with E-state index in [0.717, 1.165) is 31.0 Å². The molecule has 1 saturated heterocycles. The zero-order chi connectivity index (χ0) is 12.7. The molecule has 0 unspecified atom stereocenters. The van der Waals surface area contributed by atoms with Gasteiger partial charge in [0.2, 0.25) is 5.95 Å². The van der Waals surface area contributed by atoms with E-state index in [2.05, 4.69) is 14.9 Å². The number of anilines is 1. The predicted octanol–water partition coefficient (Wildman–Crippen LogP) is 1.01. The van der Waals surface area contributed by atoms with E-state index in [1.807, 2.05) is 0 Å². The van der Waals surface area contributed by atoms with E-state index in [1.165, 1.54) is 12.1 Å². The summed E-state index contributed by atoms with van der Waals surface area (Å²) in [5.41, 5.74) is 7.33. The molecule has 1 aromatic carbocycles. The number of aromatic nitrogens is 2. The number of nitro groups is 1. The van der Waals surface area contributed by atoms with Crippen LogP contribution in [0.1, 0.15) is 6.42 Å². The Morgan fingerprint density at radius 1 is 1.56 bits per heavy atom. The number of non-ortho nitro benzene ring substituents is 1. The normalized spacial score (nSPS) is 19.6. The van der Waals surface area contributed by atoms with E-state index < -0.39 is 4.92 Å². The number of fused-ring (bicyclic) bond motifs is 1. The maximum Gasteiger partial charge on any atom is 0.271 e. The molecular formula is C11H13N5O2. The van der Waals surface area contributed by atoms with Gasteiger partial charge in [-0.25, -0.2) is 4.98 Å². The molecular weight excluding hydrogens is 234 g/mol. The Morgan fingerprint density at radius 3 is 3.06 bits per heavy atom. The maximum absolute atomic E-state index is 10.7. The van der Waals surface area contributed by atoms with Gasteiger partial charge < -0.3 is 15.6 Å². The third-order valence-corrected chi connectivity index (χ3v) is 3.19. The average molecular weight is 247 g/mol. The fourth-order valence-corrected chi connectivity index (χ4v) is 2.23. The number of nitrogens with one attached hydrogen (secondary N) is 1. The molecule has 0 spiro atoms. The molecule has 1 fully saturated rings. The molecule has 7 nitrogen and oxygen atoms in total. The molecule has 18 heavy (non-hydrogen) atoms. The van der Waals surface area contributed by atoms with Crippen molar-refractivity contribution in [1.82, 2.24) is 9.97 Å². The number of nitrogens with two attached hydrogens (primary N) is 1. The monoisotopic (exact) mass is 247 g/mol. The van der Waals surface area contributed by atoms with Crippen molar-refractivity contribution >= 4 is 22.7 Å². The van der Waals surface area contributed by atoms with Crippen molar-refractivity contribution in [1.29, 1.82) is 0 Å². The lowest BCUT2D eigenvalue weighted by Gasteiger charge is -2.13. The topological polar surface area (TPSA) is 101 Å². The Labute approximate surface area is 103 Å². The zero-order valence-electron chi connectivity index (χ0n) is 9.67. The molecule has 1 aliphatic heterocycles. The standard InChI is InChI=1S/C11H13N5O2/c12-7-3-4-15(6-7)11-13-9-2-1-8(16(17)18)5-10(9)14-11/h1-2,5,7H,3-4,6,12H2,(H,13,14)/t7-/m0/s1. The SMILES string of the molecule is N[C@H]1CCN(c2nc3ccc([N+](=O)[O-])cc3[nH]2)C1. The van der Waals surface area contributed by atoms with Crippen molar-refractivity contribution in [2.45, 2.75) is 12.5 Å². The number of H-pyrrole nitrogens is 1. The first-order chi connectivity index (χ1) is 8.63. The number of rotatable bonds is 2. The molecule has 0 bridgehead atoms. The number of aromatic amines is 1. The highest BCUT2D eigenvalue weighted by atomic mass is 16.6. The Hall–Kier alpha value is -2.15. The van der Waals surface area contributed by atoms with Gasteiger partial charge in [0.25, 0.3) is 5.69 Å². The van der Waals surface area contributed by atoms with Crippen molar-refractivity contribution in [3.05, 3.63) is 28.3 Å². The summed E-state index contributed by atoms with van der Waals surface area (Å²) in [5, 5.41) is 10.7. The molecule has 1 aliphatic rings. The molecule has 0 aliphatic carbocycles. The highest BCUT2D eigenvalue weighted by Gasteiger charge is 2.22. The summed E-state index contributed by atoms with van der Waals surface area (Å²) in [6.45, 7) is 1.63. The quantitative estimate of drug-likeness (QED) is 0.609. The Balaban J connectivity index is 1.98. The van der Waals surface area contributed by atoms with Crippen LogP contribution in [0.15, 0.2) is 18.2 Å². The molecule has 94 valence electrons. The van der Waals surface area contributed by atoms with Crippen LogP contribution < -0.4 is 10.6 Å². The number of imidazole rings is 1. The van der Waals surface area contributed by atoms with Crippen LogP contribution in [-0.2, 0) is 0 Å². The second kappa shape index (κ2) is 3.95. The minimum atomic E-state index is -0.411. The van der Waals surface area contributed by atoms with E-state index in [4.69, 9.17) is 5.73 Å². The van der Waals surface area contributed by atoms with E-state index in [1.54, 1.807) is 6.07 Å². The Kier molecular flexibility index (Phi) is 2.41. The van der Waals surface area contributed by atoms with Crippen molar-refractivity contribution in [3.8, 4) is 0 Å². The van der Waals surface area contributed by atoms with Crippen LogP contribution in [0.4, 0.5) is 11.6 Å². The summed E-state index contributed by atoms with van der Waals surface area (Å²) in [4.78, 5) is 19.9. The minimum Gasteiger partial charge on any atom is -0.341 e. The van der Waals surface area contributed by atoms with Gasteiger partial charge in [0.15, 0.2) is 0 Å². The molecule has 0 saturated carbocycles. The predicted molar refractivity (Wildman–Crippen MR) is 67.6 cm³/mol. The summed E-state index contributed by atoms with van der Waals surface area (Å²) in [5.74, 6) is 0.735. The minimum absolute atomic E-state index is 0.0656. The molecule has 2 aromatic rings. The lowest BCUT2D eigenvalue weighted by atomic mass is 10.3. The van der Waals surface area contributed by atoms with Crippen molar-refractivity contribution in [3.63, 3.8) is 0 Å². The first-order valence-electron chi connectivity index (χ1n) is 5.78. The maximum atomic E-state index is 10.7. The van der Waals surface area contributed by atoms with Gasteiger partial charge in [-0.1, -0.05) is 0 Å². The zero-order valence-corrected chi connectivity index (χ0v) is 9.67. The van der Waals surface area contributed by atoms with Crippen molar-refractivity contribution in [2.75, 3.05) is 18.0 Å². The van der Waals surface area contributed by atoms with Gasteiger partial charge in [-0.2, -0.15) is 0 Å². The summed E-state index contributed by atoms with van der Waals surface area (Å²) < 4.78 is 0. The van der Waals surface area contributed by atoms with Crippen LogP contribution in [0.5, 0.6) is 0 Å². The smallest absolute Gasteiger partial charge is 0.271 e. The van der Waals surface area contributed by atoms with E-state index >= 15 is 0 Å². The number of benzene rings is 1. The second-order valence-electron chi connectivity index (χ2n) is 4.51. The molecule has 0 radical (unpaired) electrons. The summed E-state index contributed by atoms with van der Waals surface area (Å²) >= 11 is 0. The number of nitro benzene ring substituents is 1. The van der Waals surface area contributed by atoms with E-state index in [9.17, 15) is 10.1 Å². The van der Waals surface area contributed by atoms with E-state index in [0.29, 0.717) is 5.52 Å². The highest BCUT2D eigenvalue weighted by Crippen LogP contribution is 2.23. The molecule has 3 rings (SSSR count). The fourth-order valence-electron chi connectivity index (χ4n) is 2.23. The molecule has 1 aromatic heterocycles. The number of nitrogens with zero attached hydrogens (tertiary/aromatic N) is 3. The lowest BCUT2D eigenvalue weighted by molar-refractivity contribution is -0.384. The van der Waals surface area contributed by atoms with Crippen molar-refractivity contribution in [2.24, 2.45) is 5.73 Å². The van der Waals surface area contributed by atoms with Gasteiger partial charge in [0, 0.05) is 31.3 Å². The fraction of sp³-hybridized carbons (Fsp3) is 0.364. The van der Waals surface area contributed by atoms with Crippen molar-refractivity contribution < 1.29 is 4.92 Å². The van der Waals surface area contributed by atoms with Crippen LogP contribution in [-0.4, -0.2) is 34.0 Å². The van der Waals surface area contributed by atoms with Gasteiger partial charge in [0.1, 0.15) is 0 Å². The third-order valence-electron chi connectivity index (χ3n) is 3.19. The van der Waals surface area contributed by atoms with Crippen LogP contribution in [0.3, 0.4) is 0 Å². The summed E-state index contributed by atoms with van der Waals surface area (Å²) in [6, 6.07) is 4.79. The molecule has 2 heterocycles. The Morgan fingerprint density at radius 2 is 2.39 bits per heavy atom. The lowest BCUT2D eigenvalue weighted by Crippen LogP contribution is -2.26. The molecule has 1 atom stereocenters. The van der Waals surface area contributed by atoms with Gasteiger partial charge in [-0.3, -0.25) is 10.1 Å². The number of hydrogen-bond acceptors (Lipinski definition) is 5. The van der Waals surface area contributed by atoms with Gasteiger partial charge >= 0.3 is 0 Å². The summed E-state index contributed by atoms with van der Waals surface area (Å²) in [7, 11) is 0. The second-order valence-corrected chi connectivity index (χ2v) is 4.51. The van der Waals surface area contributed by atoms with Gasteiger partial charge in [-0.15, -0.1) is 0 Å². The third kappa shape index (κ3) is 1.78. The van der Waals surface area contributed by atoms with Crippen LogP contribution in [0.2, 0.25) is 0 Å². The number of hydrogen-bond donors (Lipinski definition) is 2. The van der Waals surface area contributed by atoms with Crippen LogP contribution >= 0.6 is 0 Å². The molecule has 7 heteroatoms. The molecule has 0 amide bonds. The highest BCUT2D eigenvalue weighted by molar-refractivity contribution is 5.80. The van der Waals surface area contributed by atoms with Gasteiger partial charge in [-0.05, 0) is 12.5 Å². The largest absolute Gasteiger partial charge is 0.341 e. The first-order valence-corrected chi connectivity index (χ1v) is 5.78. The van der Waals surface area contributed by atoms with E-state index in [-0.39, 0.29) is 11.7 Å². The van der Waals surface area contributed by atoms with Crippen LogP contribution in [0.25, 0.3) is 11.0 Å². The first kappa shape index (κ1) is 11.0. The Bertz CT molecular complexity index is 608. The average Bonchev–Trinajstić information content (AvgIpc) is 2.93. The molecule has 3 N–H and O–H groups in total.